The number of halogens is 2. The van der Waals surface area contributed by atoms with Crippen LogP contribution in [0.2, 0.25) is 0 Å². The maximum Gasteiger partial charge on any atom is 0.270 e. The molecule has 0 radical (unpaired) electrons. The first-order valence-corrected chi connectivity index (χ1v) is 11.9. The molecule has 0 bridgehead atoms. The summed E-state index contributed by atoms with van der Waals surface area (Å²) in [4.78, 5) is 14.9. The number of carbonyl (C=O) groups is 1. The van der Waals surface area contributed by atoms with Gasteiger partial charge in [0.1, 0.15) is 11.5 Å². The van der Waals surface area contributed by atoms with E-state index in [1.165, 1.54) is 25.1 Å². The van der Waals surface area contributed by atoms with E-state index >= 15 is 0 Å². The van der Waals surface area contributed by atoms with Gasteiger partial charge in [0.2, 0.25) is 10.0 Å². The third kappa shape index (κ3) is 5.50. The summed E-state index contributed by atoms with van der Waals surface area (Å²) in [6.45, 7) is -0.0380. The van der Waals surface area contributed by atoms with Gasteiger partial charge in [-0.25, -0.2) is 17.1 Å². The van der Waals surface area contributed by atoms with Crippen LogP contribution in [0, 0.1) is 0 Å². The summed E-state index contributed by atoms with van der Waals surface area (Å²) in [5.41, 5.74) is 8.19. The number of para-hydroxylation sites is 1. The SMILES string of the molecule is CN(C)C(=O)c1c(Cc2ccc(S(=O)(=O)N(C)C)cc2)c2ccccc2n1C/C(F)=C/CN.Cl. The number of hydrogen-bond donors (Lipinski definition) is 1. The third-order valence-electron chi connectivity index (χ3n) is 5.42. The van der Waals surface area contributed by atoms with E-state index in [-0.39, 0.29) is 36.3 Å². The van der Waals surface area contributed by atoms with Gasteiger partial charge in [-0.3, -0.25) is 4.79 Å². The largest absolute Gasteiger partial charge is 0.343 e. The molecule has 0 aliphatic heterocycles. The number of hydrogen-bond acceptors (Lipinski definition) is 4. The molecule has 0 spiro atoms. The van der Waals surface area contributed by atoms with Crippen LogP contribution in [-0.2, 0) is 23.0 Å². The predicted octanol–water partition coefficient (Wildman–Crippen LogP) is 3.42. The van der Waals surface area contributed by atoms with Crippen LogP contribution in [0.25, 0.3) is 10.9 Å². The number of carbonyl (C=O) groups excluding carboxylic acids is 1. The Balaban J connectivity index is 0.00000408. The molecule has 34 heavy (non-hydrogen) atoms. The van der Waals surface area contributed by atoms with Gasteiger partial charge in [-0.1, -0.05) is 30.3 Å². The summed E-state index contributed by atoms with van der Waals surface area (Å²) >= 11 is 0. The number of fused-ring (bicyclic) bond motifs is 1. The van der Waals surface area contributed by atoms with Gasteiger partial charge in [0.25, 0.3) is 5.91 Å². The van der Waals surface area contributed by atoms with Crippen molar-refractivity contribution in [2.75, 3.05) is 34.7 Å². The van der Waals surface area contributed by atoms with Crippen LogP contribution in [0.3, 0.4) is 0 Å². The molecule has 0 saturated heterocycles. The Morgan fingerprint density at radius 2 is 1.68 bits per heavy atom. The van der Waals surface area contributed by atoms with Gasteiger partial charge in [-0.05, 0) is 35.4 Å². The molecule has 3 aromatic rings. The Morgan fingerprint density at radius 3 is 2.24 bits per heavy atom. The van der Waals surface area contributed by atoms with Gasteiger partial charge in [0.15, 0.2) is 0 Å². The maximum absolute atomic E-state index is 14.5. The highest BCUT2D eigenvalue weighted by atomic mass is 35.5. The third-order valence-corrected chi connectivity index (χ3v) is 7.25. The molecule has 7 nitrogen and oxygen atoms in total. The van der Waals surface area contributed by atoms with Crippen molar-refractivity contribution in [3.8, 4) is 0 Å². The maximum atomic E-state index is 14.5. The molecule has 3 rings (SSSR count). The molecule has 10 heteroatoms. The Bertz CT molecular complexity index is 1300. The molecule has 0 aliphatic carbocycles. The minimum Gasteiger partial charge on any atom is -0.343 e. The summed E-state index contributed by atoms with van der Waals surface area (Å²) in [6.07, 6.45) is 1.68. The second-order valence-electron chi connectivity index (χ2n) is 8.12. The Labute approximate surface area is 206 Å². The van der Waals surface area contributed by atoms with Gasteiger partial charge in [0.05, 0.1) is 11.4 Å². The zero-order valence-corrected chi connectivity index (χ0v) is 21.3. The van der Waals surface area contributed by atoms with E-state index in [0.29, 0.717) is 12.1 Å². The van der Waals surface area contributed by atoms with Crippen LogP contribution >= 0.6 is 12.4 Å². The molecule has 2 aromatic carbocycles. The number of nitrogens with two attached hydrogens (primary N) is 1. The average Bonchev–Trinajstić information content (AvgIpc) is 3.06. The lowest BCUT2D eigenvalue weighted by molar-refractivity contribution is 0.0817. The lowest BCUT2D eigenvalue weighted by atomic mass is 10.0. The van der Waals surface area contributed by atoms with Crippen LogP contribution < -0.4 is 5.73 Å². The fourth-order valence-corrected chi connectivity index (χ4v) is 4.61. The van der Waals surface area contributed by atoms with Crippen molar-refractivity contribution in [3.05, 3.63) is 77.3 Å². The minimum atomic E-state index is -3.54. The highest BCUT2D eigenvalue weighted by Crippen LogP contribution is 2.30. The number of nitrogens with zero attached hydrogens (tertiary/aromatic N) is 3. The molecule has 1 aromatic heterocycles. The number of rotatable bonds is 8. The summed E-state index contributed by atoms with van der Waals surface area (Å²) in [6, 6.07) is 14.1. The first-order chi connectivity index (χ1) is 15.6. The van der Waals surface area contributed by atoms with E-state index in [2.05, 4.69) is 0 Å². The minimum absolute atomic E-state index is 0. The number of benzene rings is 2. The molecule has 0 atom stereocenters. The van der Waals surface area contributed by atoms with E-state index in [9.17, 15) is 17.6 Å². The van der Waals surface area contributed by atoms with E-state index < -0.39 is 15.9 Å². The second kappa shape index (κ2) is 11.1. The van der Waals surface area contributed by atoms with Crippen molar-refractivity contribution in [1.82, 2.24) is 13.8 Å². The van der Waals surface area contributed by atoms with Crippen LogP contribution in [0.1, 0.15) is 21.6 Å². The summed E-state index contributed by atoms with van der Waals surface area (Å²) < 4.78 is 42.1. The predicted molar refractivity (Wildman–Crippen MR) is 136 cm³/mol. The first kappa shape index (κ1) is 27.5. The van der Waals surface area contributed by atoms with Gasteiger partial charge in [-0.2, -0.15) is 0 Å². The molecular weight excluding hydrogens is 479 g/mol. The quantitative estimate of drug-likeness (QED) is 0.505. The average molecular weight is 509 g/mol. The normalized spacial score (nSPS) is 12.1. The second-order valence-corrected chi connectivity index (χ2v) is 10.3. The monoisotopic (exact) mass is 508 g/mol. The van der Waals surface area contributed by atoms with Gasteiger partial charge in [-0.15, -0.1) is 12.4 Å². The van der Waals surface area contributed by atoms with Gasteiger partial charge < -0.3 is 15.2 Å². The molecule has 184 valence electrons. The van der Waals surface area contributed by atoms with Crippen molar-refractivity contribution in [2.24, 2.45) is 5.73 Å². The highest BCUT2D eigenvalue weighted by molar-refractivity contribution is 7.89. The van der Waals surface area contributed by atoms with Gasteiger partial charge in [0, 0.05) is 52.1 Å². The van der Waals surface area contributed by atoms with Crippen LogP contribution in [-0.4, -0.2) is 62.8 Å². The summed E-state index contributed by atoms with van der Waals surface area (Å²) in [5, 5.41) is 0.841. The number of allylic oxidation sites excluding steroid dienone is 1. The smallest absolute Gasteiger partial charge is 0.270 e. The van der Waals surface area contributed by atoms with Crippen LogP contribution in [0.4, 0.5) is 4.39 Å². The van der Waals surface area contributed by atoms with E-state index in [4.69, 9.17) is 5.73 Å². The van der Waals surface area contributed by atoms with Crippen molar-refractivity contribution >= 4 is 39.2 Å². The molecular formula is C24H30ClFN4O3S. The highest BCUT2D eigenvalue weighted by Gasteiger charge is 2.25. The number of amides is 1. The van der Waals surface area contributed by atoms with Crippen molar-refractivity contribution in [2.45, 2.75) is 17.9 Å². The van der Waals surface area contributed by atoms with Crippen molar-refractivity contribution < 1.29 is 17.6 Å². The molecule has 0 fully saturated rings. The molecule has 0 saturated carbocycles. The molecule has 2 N–H and O–H groups in total. The molecule has 1 amide bonds. The Hall–Kier alpha value is -2.72. The lowest BCUT2D eigenvalue weighted by Crippen LogP contribution is -2.26. The van der Waals surface area contributed by atoms with E-state index in [1.54, 1.807) is 42.9 Å². The molecule has 0 aliphatic rings. The zero-order chi connectivity index (χ0) is 24.3. The fraction of sp³-hybridized carbons (Fsp3) is 0.292. The van der Waals surface area contributed by atoms with Crippen molar-refractivity contribution in [3.63, 3.8) is 0 Å². The lowest BCUT2D eigenvalue weighted by Gasteiger charge is -2.16. The number of sulfonamides is 1. The Morgan fingerprint density at radius 1 is 1.06 bits per heavy atom. The van der Waals surface area contributed by atoms with Gasteiger partial charge >= 0.3 is 0 Å². The molecule has 0 unspecified atom stereocenters. The van der Waals surface area contributed by atoms with Crippen LogP contribution in [0.5, 0.6) is 0 Å². The van der Waals surface area contributed by atoms with Crippen LogP contribution in [0.15, 0.2) is 65.3 Å². The summed E-state index contributed by atoms with van der Waals surface area (Å²) in [5.74, 6) is -0.663. The van der Waals surface area contributed by atoms with Crippen molar-refractivity contribution in [1.29, 1.82) is 0 Å². The zero-order valence-electron chi connectivity index (χ0n) is 19.7. The topological polar surface area (TPSA) is 88.6 Å². The number of aromatic nitrogens is 1. The standard InChI is InChI=1S/C24H29FN4O3S.ClH/c1-27(2)24(30)23-21(15-17-9-11-19(12-10-17)33(31,32)28(3)4)20-7-5-6-8-22(20)29(23)16-18(25)13-14-26;/h5-13H,14-16,26H2,1-4H3;1H/b18-13-;. The van der Waals surface area contributed by atoms with E-state index in [1.807, 2.05) is 24.3 Å². The first-order valence-electron chi connectivity index (χ1n) is 10.5. The molecule has 1 heterocycles. The summed E-state index contributed by atoms with van der Waals surface area (Å²) in [7, 11) is 2.73. The van der Waals surface area contributed by atoms with E-state index in [0.717, 1.165) is 26.3 Å². The Kier molecular flexibility index (Phi) is 9.02. The fourth-order valence-electron chi connectivity index (χ4n) is 3.71.